The van der Waals surface area contributed by atoms with E-state index in [9.17, 15) is 0 Å². The van der Waals surface area contributed by atoms with Crippen molar-refractivity contribution in [2.75, 3.05) is 50.8 Å². The van der Waals surface area contributed by atoms with Crippen molar-refractivity contribution in [3.05, 3.63) is 66.2 Å². The number of nitrogens with zero attached hydrogens (tertiary/aromatic N) is 7. The second-order valence-corrected chi connectivity index (χ2v) is 10.8. The van der Waals surface area contributed by atoms with Crippen LogP contribution in [0.5, 0.6) is 0 Å². The first kappa shape index (κ1) is 25.1. The van der Waals surface area contributed by atoms with Crippen molar-refractivity contribution in [3.63, 3.8) is 0 Å². The number of ether oxygens (including phenoxy) is 1. The molecule has 0 unspecified atom stereocenters. The monoisotopic (exact) mass is 537 g/mol. The van der Waals surface area contributed by atoms with Crippen molar-refractivity contribution < 1.29 is 4.74 Å². The molecule has 2 aliphatic rings. The fraction of sp³-hybridized carbons (Fsp3) is 0.400. The number of hydrogen-bond donors (Lipinski definition) is 2. The lowest BCUT2D eigenvalue weighted by molar-refractivity contribution is 0.122. The van der Waals surface area contributed by atoms with E-state index in [2.05, 4.69) is 54.9 Å². The van der Waals surface area contributed by atoms with Gasteiger partial charge >= 0.3 is 0 Å². The number of morpholine rings is 1. The Labute approximate surface area is 233 Å². The third kappa shape index (κ3) is 4.83. The Balaban J connectivity index is 1.24. The van der Waals surface area contributed by atoms with Gasteiger partial charge in [0.05, 0.1) is 30.8 Å². The van der Waals surface area contributed by atoms with E-state index in [1.54, 1.807) is 0 Å². The number of pyridine rings is 1. The lowest BCUT2D eigenvalue weighted by Crippen LogP contribution is -2.37. The maximum Gasteiger partial charge on any atom is 0.164 e. The molecule has 0 amide bonds. The molecule has 10 nitrogen and oxygen atoms in total. The van der Waals surface area contributed by atoms with Gasteiger partial charge in [-0.25, -0.2) is 14.6 Å². The molecule has 0 aliphatic carbocycles. The second-order valence-electron chi connectivity index (χ2n) is 10.8. The van der Waals surface area contributed by atoms with Gasteiger partial charge in [-0.1, -0.05) is 6.07 Å². The number of piperidine rings is 1. The van der Waals surface area contributed by atoms with Gasteiger partial charge in [-0.2, -0.15) is 5.10 Å². The smallest absolute Gasteiger partial charge is 0.164 e. The molecule has 2 saturated heterocycles. The lowest BCUT2D eigenvalue weighted by atomic mass is 10.0. The summed E-state index contributed by atoms with van der Waals surface area (Å²) in [5, 5.41) is 7.09. The summed E-state index contributed by atoms with van der Waals surface area (Å²) in [5.41, 5.74) is 11.4. The molecule has 206 valence electrons. The molecule has 4 aromatic heterocycles. The van der Waals surface area contributed by atoms with Crippen LogP contribution in [0.2, 0.25) is 0 Å². The molecule has 7 rings (SSSR count). The Morgan fingerprint density at radius 3 is 2.67 bits per heavy atom. The first-order chi connectivity index (χ1) is 19.8. The first-order valence-electron chi connectivity index (χ1n) is 14.3. The average Bonchev–Trinajstić information content (AvgIpc) is 3.62. The van der Waals surface area contributed by atoms with Crippen molar-refractivity contribution in [3.8, 4) is 11.4 Å². The van der Waals surface area contributed by atoms with Crippen molar-refractivity contribution in [1.29, 1.82) is 0 Å². The van der Waals surface area contributed by atoms with Crippen LogP contribution < -0.4 is 10.6 Å². The zero-order valence-electron chi connectivity index (χ0n) is 22.7. The van der Waals surface area contributed by atoms with Crippen LogP contribution in [0.4, 0.5) is 5.82 Å². The van der Waals surface area contributed by atoms with Gasteiger partial charge in [0.15, 0.2) is 11.5 Å². The van der Waals surface area contributed by atoms with Gasteiger partial charge < -0.3 is 20.4 Å². The summed E-state index contributed by atoms with van der Waals surface area (Å²) in [4.78, 5) is 22.8. The Hall–Kier alpha value is -3.86. The molecule has 40 heavy (non-hydrogen) atoms. The van der Waals surface area contributed by atoms with Crippen LogP contribution in [0, 0.1) is 0 Å². The Morgan fingerprint density at radius 2 is 1.88 bits per heavy atom. The molecule has 0 atom stereocenters. The zero-order valence-corrected chi connectivity index (χ0v) is 22.7. The minimum Gasteiger partial charge on any atom is -0.378 e. The van der Waals surface area contributed by atoms with E-state index < -0.39 is 0 Å². The quantitative estimate of drug-likeness (QED) is 0.324. The minimum atomic E-state index is 0.297. The molecule has 5 aromatic rings. The number of likely N-dealkylation sites (tertiary alicyclic amines) is 1. The predicted octanol–water partition coefficient (Wildman–Crippen LogP) is 3.54. The van der Waals surface area contributed by atoms with Gasteiger partial charge in [-0.05, 0) is 61.2 Å². The van der Waals surface area contributed by atoms with E-state index in [0.29, 0.717) is 25.8 Å². The van der Waals surface area contributed by atoms with E-state index in [-0.39, 0.29) is 0 Å². The molecule has 0 bridgehead atoms. The SMILES string of the molecule is NCCc1c[nH]c2ccc(-c3nc(N4CCOCC4)c4cnn(C5CCN(Cc6cccnc6)CC5)c4n3)cc12. The zero-order chi connectivity index (χ0) is 26.9. The van der Waals surface area contributed by atoms with Crippen molar-refractivity contribution >= 4 is 27.8 Å². The number of aromatic amines is 1. The van der Waals surface area contributed by atoms with Crippen molar-refractivity contribution in [2.24, 2.45) is 5.73 Å². The first-order valence-corrected chi connectivity index (χ1v) is 14.3. The van der Waals surface area contributed by atoms with Crippen LogP contribution in [0.25, 0.3) is 33.3 Å². The summed E-state index contributed by atoms with van der Waals surface area (Å²) in [6, 6.07) is 10.9. The molecule has 6 heterocycles. The molecule has 1 aromatic carbocycles. The highest BCUT2D eigenvalue weighted by molar-refractivity contribution is 5.91. The molecule has 0 spiro atoms. The lowest BCUT2D eigenvalue weighted by Gasteiger charge is -2.32. The van der Waals surface area contributed by atoms with Gasteiger partial charge in [-0.3, -0.25) is 9.88 Å². The highest BCUT2D eigenvalue weighted by Gasteiger charge is 2.26. The minimum absolute atomic E-state index is 0.297. The van der Waals surface area contributed by atoms with Crippen molar-refractivity contribution in [1.82, 2.24) is 34.6 Å². The molecular formula is C30H35N9O. The van der Waals surface area contributed by atoms with Crippen LogP contribution in [-0.4, -0.2) is 80.6 Å². The average molecular weight is 538 g/mol. The van der Waals surface area contributed by atoms with Crippen LogP contribution in [0.3, 0.4) is 0 Å². The largest absolute Gasteiger partial charge is 0.378 e. The fourth-order valence-electron chi connectivity index (χ4n) is 6.08. The topological polar surface area (TPSA) is 114 Å². The van der Waals surface area contributed by atoms with Gasteiger partial charge in [0.2, 0.25) is 0 Å². The van der Waals surface area contributed by atoms with E-state index in [0.717, 1.165) is 85.7 Å². The molecule has 10 heteroatoms. The van der Waals surface area contributed by atoms with Gasteiger partial charge in [0.25, 0.3) is 0 Å². The number of hydrogen-bond acceptors (Lipinski definition) is 8. The maximum atomic E-state index is 5.88. The maximum absolute atomic E-state index is 5.88. The van der Waals surface area contributed by atoms with Crippen molar-refractivity contribution in [2.45, 2.75) is 31.8 Å². The number of H-pyrrole nitrogens is 1. The van der Waals surface area contributed by atoms with E-state index in [1.165, 1.54) is 16.5 Å². The molecule has 2 fully saturated rings. The van der Waals surface area contributed by atoms with E-state index >= 15 is 0 Å². The van der Waals surface area contributed by atoms with E-state index in [4.69, 9.17) is 25.5 Å². The number of fused-ring (bicyclic) bond motifs is 2. The van der Waals surface area contributed by atoms with Crippen LogP contribution in [0.1, 0.15) is 30.0 Å². The molecule has 0 radical (unpaired) electrons. The van der Waals surface area contributed by atoms with Crippen LogP contribution >= 0.6 is 0 Å². The van der Waals surface area contributed by atoms with E-state index in [1.807, 2.05) is 24.7 Å². The number of benzene rings is 1. The number of nitrogens with one attached hydrogen (secondary N) is 1. The summed E-state index contributed by atoms with van der Waals surface area (Å²) in [5.74, 6) is 1.67. The Bertz CT molecular complexity index is 1600. The van der Waals surface area contributed by atoms with Crippen LogP contribution in [0.15, 0.2) is 55.1 Å². The van der Waals surface area contributed by atoms with Gasteiger partial charge in [-0.15, -0.1) is 0 Å². The Morgan fingerprint density at radius 1 is 1.00 bits per heavy atom. The summed E-state index contributed by atoms with van der Waals surface area (Å²) >= 11 is 0. The summed E-state index contributed by atoms with van der Waals surface area (Å²) < 4.78 is 7.80. The molecule has 3 N–H and O–H groups in total. The number of anilines is 1. The third-order valence-corrected chi connectivity index (χ3v) is 8.22. The predicted molar refractivity (Wildman–Crippen MR) is 156 cm³/mol. The third-order valence-electron chi connectivity index (χ3n) is 8.22. The molecule has 0 saturated carbocycles. The highest BCUT2D eigenvalue weighted by atomic mass is 16.5. The summed E-state index contributed by atoms with van der Waals surface area (Å²) in [7, 11) is 0. The molecule has 2 aliphatic heterocycles. The molecular weight excluding hydrogens is 502 g/mol. The second kappa shape index (κ2) is 11.0. The number of aromatic nitrogens is 6. The van der Waals surface area contributed by atoms with Gasteiger partial charge in [0, 0.05) is 67.8 Å². The standard InChI is InChI=1S/C30H35N9O/c31-8-5-23-18-33-27-4-3-22(16-25(23)27)28-35-29(38-12-14-40-15-13-38)26-19-34-39(30(26)36-28)24-6-10-37(11-7-24)20-21-2-1-9-32-17-21/h1-4,9,16-19,24,33H,5-8,10-15,20,31H2. The number of nitrogens with two attached hydrogens (primary N) is 1. The Kier molecular flexibility index (Phi) is 6.88. The number of rotatable bonds is 7. The normalized spacial score (nSPS) is 17.3. The summed E-state index contributed by atoms with van der Waals surface area (Å²) in [6.07, 6.45) is 10.7. The fourth-order valence-corrected chi connectivity index (χ4v) is 6.08. The van der Waals surface area contributed by atoms with Crippen LogP contribution in [-0.2, 0) is 17.7 Å². The van der Waals surface area contributed by atoms with Gasteiger partial charge in [0.1, 0.15) is 5.82 Å². The summed E-state index contributed by atoms with van der Waals surface area (Å²) in [6.45, 7) is 6.58. The highest BCUT2D eigenvalue weighted by Crippen LogP contribution is 2.33.